The second kappa shape index (κ2) is 6.40. The Hall–Kier alpha value is -1.55. The first-order valence-corrected chi connectivity index (χ1v) is 6.45. The van der Waals surface area contributed by atoms with Gasteiger partial charge in [-0.25, -0.2) is 0 Å². The zero-order chi connectivity index (χ0) is 12.8. The molecule has 1 saturated heterocycles. The van der Waals surface area contributed by atoms with Crippen LogP contribution in [-0.2, 0) is 16.1 Å². The number of amides is 1. The molecule has 2 rings (SSSR count). The van der Waals surface area contributed by atoms with Crippen molar-refractivity contribution in [3.05, 3.63) is 29.8 Å². The van der Waals surface area contributed by atoms with E-state index in [1.807, 2.05) is 29.2 Å². The van der Waals surface area contributed by atoms with Crippen LogP contribution < -0.4 is 5.73 Å². The van der Waals surface area contributed by atoms with E-state index in [1.165, 1.54) is 6.42 Å². The van der Waals surface area contributed by atoms with E-state index in [9.17, 15) is 4.79 Å². The van der Waals surface area contributed by atoms with Crippen LogP contribution in [0.3, 0.4) is 0 Å². The van der Waals surface area contributed by atoms with Crippen LogP contribution in [0.2, 0.25) is 0 Å². The van der Waals surface area contributed by atoms with E-state index in [0.29, 0.717) is 6.61 Å². The minimum Gasteiger partial charge on any atom is -0.399 e. The highest BCUT2D eigenvalue weighted by Gasteiger charge is 2.15. The molecule has 1 aromatic rings. The highest BCUT2D eigenvalue weighted by Crippen LogP contribution is 2.10. The van der Waals surface area contributed by atoms with Crippen molar-refractivity contribution in [1.29, 1.82) is 0 Å². The molecule has 1 fully saturated rings. The van der Waals surface area contributed by atoms with Crippen molar-refractivity contribution in [2.45, 2.75) is 25.9 Å². The lowest BCUT2D eigenvalue weighted by Crippen LogP contribution is -2.37. The monoisotopic (exact) mass is 248 g/mol. The summed E-state index contributed by atoms with van der Waals surface area (Å²) in [7, 11) is 0. The average Bonchev–Trinajstić information content (AvgIpc) is 2.40. The highest BCUT2D eigenvalue weighted by molar-refractivity contribution is 5.77. The van der Waals surface area contributed by atoms with Crippen molar-refractivity contribution in [1.82, 2.24) is 4.90 Å². The molecule has 0 aliphatic carbocycles. The van der Waals surface area contributed by atoms with Crippen LogP contribution in [0.25, 0.3) is 0 Å². The fourth-order valence-corrected chi connectivity index (χ4v) is 2.17. The molecule has 0 spiro atoms. The van der Waals surface area contributed by atoms with E-state index in [4.69, 9.17) is 10.5 Å². The first-order chi connectivity index (χ1) is 8.75. The molecule has 0 radical (unpaired) electrons. The number of likely N-dealkylation sites (tertiary alicyclic amines) is 1. The molecule has 0 bridgehead atoms. The number of carbonyl (C=O) groups is 1. The second-order valence-corrected chi connectivity index (χ2v) is 4.68. The molecule has 18 heavy (non-hydrogen) atoms. The zero-order valence-corrected chi connectivity index (χ0v) is 10.6. The van der Waals surface area contributed by atoms with Gasteiger partial charge in [0.1, 0.15) is 6.61 Å². The van der Waals surface area contributed by atoms with Crippen LogP contribution in [0.15, 0.2) is 24.3 Å². The second-order valence-electron chi connectivity index (χ2n) is 4.68. The number of nitrogens with zero attached hydrogens (tertiary/aromatic N) is 1. The maximum absolute atomic E-state index is 11.8. The van der Waals surface area contributed by atoms with Crippen molar-refractivity contribution in [2.24, 2.45) is 0 Å². The number of rotatable bonds is 4. The minimum absolute atomic E-state index is 0.0959. The van der Waals surface area contributed by atoms with Gasteiger partial charge < -0.3 is 15.4 Å². The third-order valence-corrected chi connectivity index (χ3v) is 3.15. The number of ether oxygens (including phenoxy) is 1. The van der Waals surface area contributed by atoms with Crippen LogP contribution >= 0.6 is 0 Å². The van der Waals surface area contributed by atoms with Gasteiger partial charge in [0, 0.05) is 18.8 Å². The Labute approximate surface area is 108 Å². The summed E-state index contributed by atoms with van der Waals surface area (Å²) in [4.78, 5) is 13.7. The van der Waals surface area contributed by atoms with Gasteiger partial charge in [0.15, 0.2) is 0 Å². The van der Waals surface area contributed by atoms with Gasteiger partial charge in [0.2, 0.25) is 5.91 Å². The number of nitrogen functional groups attached to an aromatic ring is 1. The molecule has 98 valence electrons. The lowest BCUT2D eigenvalue weighted by molar-refractivity contribution is -0.137. The number of hydrogen-bond acceptors (Lipinski definition) is 3. The molecular formula is C14H20N2O2. The summed E-state index contributed by atoms with van der Waals surface area (Å²) in [6, 6.07) is 7.54. The molecule has 1 aliphatic rings. The Balaban J connectivity index is 1.73. The standard InChI is InChI=1S/C14H20N2O2/c15-13-6-4-5-12(9-13)10-18-11-14(17)16-7-2-1-3-8-16/h4-6,9H,1-3,7-8,10-11,15H2. The summed E-state index contributed by atoms with van der Waals surface area (Å²) in [5, 5.41) is 0. The fraction of sp³-hybridized carbons (Fsp3) is 0.500. The number of nitrogens with two attached hydrogens (primary N) is 1. The van der Waals surface area contributed by atoms with Gasteiger partial charge in [-0.2, -0.15) is 0 Å². The Morgan fingerprint density at radius 1 is 1.28 bits per heavy atom. The molecule has 4 heteroatoms. The van der Waals surface area contributed by atoms with Gasteiger partial charge in [-0.1, -0.05) is 12.1 Å². The SMILES string of the molecule is Nc1cccc(COCC(=O)N2CCCCC2)c1. The normalized spacial score (nSPS) is 15.7. The predicted molar refractivity (Wildman–Crippen MR) is 70.9 cm³/mol. The van der Waals surface area contributed by atoms with Crippen molar-refractivity contribution in [3.63, 3.8) is 0 Å². The molecule has 0 saturated carbocycles. The number of benzene rings is 1. The zero-order valence-electron chi connectivity index (χ0n) is 10.6. The van der Waals surface area contributed by atoms with Crippen LogP contribution in [0.5, 0.6) is 0 Å². The van der Waals surface area contributed by atoms with Gasteiger partial charge in [-0.15, -0.1) is 0 Å². The number of piperidine rings is 1. The lowest BCUT2D eigenvalue weighted by atomic mass is 10.1. The predicted octanol–water partition coefficient (Wildman–Crippen LogP) is 1.80. The molecule has 0 unspecified atom stereocenters. The lowest BCUT2D eigenvalue weighted by Gasteiger charge is -2.26. The van der Waals surface area contributed by atoms with Gasteiger partial charge >= 0.3 is 0 Å². The van der Waals surface area contributed by atoms with Crippen LogP contribution in [0, 0.1) is 0 Å². The van der Waals surface area contributed by atoms with Gasteiger partial charge in [0.25, 0.3) is 0 Å². The van der Waals surface area contributed by atoms with E-state index in [1.54, 1.807) is 0 Å². The molecule has 4 nitrogen and oxygen atoms in total. The van der Waals surface area contributed by atoms with Gasteiger partial charge in [-0.05, 0) is 37.0 Å². The Morgan fingerprint density at radius 2 is 2.06 bits per heavy atom. The van der Waals surface area contributed by atoms with Gasteiger partial charge in [-0.3, -0.25) is 4.79 Å². The minimum atomic E-state index is 0.0959. The summed E-state index contributed by atoms with van der Waals surface area (Å²) >= 11 is 0. The maximum atomic E-state index is 11.8. The average molecular weight is 248 g/mol. The van der Waals surface area contributed by atoms with Crippen molar-refractivity contribution >= 4 is 11.6 Å². The van der Waals surface area contributed by atoms with E-state index in [-0.39, 0.29) is 12.5 Å². The fourth-order valence-electron chi connectivity index (χ4n) is 2.17. The summed E-state index contributed by atoms with van der Waals surface area (Å²) in [5.74, 6) is 0.0959. The first kappa shape index (κ1) is 12.9. The van der Waals surface area contributed by atoms with Crippen molar-refractivity contribution in [2.75, 3.05) is 25.4 Å². The van der Waals surface area contributed by atoms with Crippen LogP contribution in [0.4, 0.5) is 5.69 Å². The first-order valence-electron chi connectivity index (χ1n) is 6.45. The Morgan fingerprint density at radius 3 is 2.78 bits per heavy atom. The van der Waals surface area contributed by atoms with E-state index >= 15 is 0 Å². The third-order valence-electron chi connectivity index (χ3n) is 3.15. The number of carbonyl (C=O) groups excluding carboxylic acids is 1. The van der Waals surface area contributed by atoms with E-state index < -0.39 is 0 Å². The molecular weight excluding hydrogens is 228 g/mol. The number of anilines is 1. The van der Waals surface area contributed by atoms with E-state index in [0.717, 1.165) is 37.2 Å². The largest absolute Gasteiger partial charge is 0.399 e. The summed E-state index contributed by atoms with van der Waals surface area (Å²) in [6.45, 7) is 2.35. The highest BCUT2D eigenvalue weighted by atomic mass is 16.5. The smallest absolute Gasteiger partial charge is 0.248 e. The topological polar surface area (TPSA) is 55.6 Å². The van der Waals surface area contributed by atoms with Crippen LogP contribution in [0.1, 0.15) is 24.8 Å². The van der Waals surface area contributed by atoms with Crippen molar-refractivity contribution < 1.29 is 9.53 Å². The summed E-state index contributed by atoms with van der Waals surface area (Å²) in [6.07, 6.45) is 3.45. The molecule has 0 aromatic heterocycles. The molecule has 1 aliphatic heterocycles. The molecule has 1 aromatic carbocycles. The number of hydrogen-bond donors (Lipinski definition) is 1. The summed E-state index contributed by atoms with van der Waals surface area (Å²) in [5.41, 5.74) is 7.40. The molecule has 1 heterocycles. The third kappa shape index (κ3) is 3.74. The Kier molecular flexibility index (Phi) is 4.59. The molecule has 2 N–H and O–H groups in total. The molecule has 1 amide bonds. The van der Waals surface area contributed by atoms with Gasteiger partial charge in [0.05, 0.1) is 6.61 Å². The summed E-state index contributed by atoms with van der Waals surface area (Å²) < 4.78 is 5.44. The maximum Gasteiger partial charge on any atom is 0.248 e. The molecule has 0 atom stereocenters. The van der Waals surface area contributed by atoms with Crippen LogP contribution in [-0.4, -0.2) is 30.5 Å². The Bertz CT molecular complexity index is 401. The quantitative estimate of drug-likeness (QED) is 0.827. The van der Waals surface area contributed by atoms with E-state index in [2.05, 4.69) is 0 Å². The van der Waals surface area contributed by atoms with Crippen molar-refractivity contribution in [3.8, 4) is 0 Å².